The molecule has 0 bridgehead atoms. The lowest BCUT2D eigenvalue weighted by Gasteiger charge is -2.06. The predicted molar refractivity (Wildman–Crippen MR) is 97.9 cm³/mol. The van der Waals surface area contributed by atoms with Crippen LogP contribution in [0.25, 0.3) is 10.9 Å². The van der Waals surface area contributed by atoms with Gasteiger partial charge in [-0.25, -0.2) is 4.79 Å². The van der Waals surface area contributed by atoms with Crippen LogP contribution in [0.15, 0.2) is 54.7 Å². The summed E-state index contributed by atoms with van der Waals surface area (Å²) < 4.78 is 7.21. The number of urea groups is 1. The molecule has 24 heavy (non-hydrogen) atoms. The van der Waals surface area contributed by atoms with Gasteiger partial charge in [0.15, 0.2) is 0 Å². The zero-order valence-electron chi connectivity index (χ0n) is 13.3. The molecule has 0 aliphatic heterocycles. The molecule has 2 N–H and O–H groups in total. The first-order chi connectivity index (χ1) is 11.7. The fourth-order valence-electron chi connectivity index (χ4n) is 2.54. The van der Waals surface area contributed by atoms with Crippen LogP contribution in [0.1, 0.15) is 0 Å². The molecule has 0 unspecified atom stereocenters. The molecule has 0 fully saturated rings. The van der Waals surface area contributed by atoms with E-state index in [1.807, 2.05) is 30.5 Å². The highest BCUT2D eigenvalue weighted by Crippen LogP contribution is 2.26. The highest BCUT2D eigenvalue weighted by Gasteiger charge is 2.11. The number of hydrogen-bond acceptors (Lipinski definition) is 2. The number of ether oxygens (including phenoxy) is 1. The fraction of sp³-hybridized carbons (Fsp3) is 0.167. The summed E-state index contributed by atoms with van der Waals surface area (Å²) in [5, 5.41) is 7.31. The minimum Gasteiger partial charge on any atom is -0.383 e. The van der Waals surface area contributed by atoms with Gasteiger partial charge in [0, 0.05) is 35.9 Å². The Hall–Kier alpha value is -2.50. The van der Waals surface area contributed by atoms with Gasteiger partial charge in [0.2, 0.25) is 0 Å². The first-order valence-corrected chi connectivity index (χ1v) is 7.95. The van der Waals surface area contributed by atoms with Crippen molar-refractivity contribution in [3.05, 3.63) is 59.8 Å². The number of amides is 2. The molecule has 0 saturated carbocycles. The summed E-state index contributed by atoms with van der Waals surface area (Å²) in [5.74, 6) is 0. The zero-order valence-corrected chi connectivity index (χ0v) is 14.0. The number of nitrogens with zero attached hydrogens (tertiary/aromatic N) is 1. The van der Waals surface area contributed by atoms with E-state index in [1.165, 1.54) is 0 Å². The van der Waals surface area contributed by atoms with E-state index < -0.39 is 0 Å². The summed E-state index contributed by atoms with van der Waals surface area (Å²) in [6, 6.07) is 14.6. The van der Waals surface area contributed by atoms with Crippen molar-refractivity contribution in [1.82, 2.24) is 4.57 Å². The molecular formula is C18H18ClN3O2. The molecule has 0 spiro atoms. The zero-order chi connectivity index (χ0) is 16.9. The maximum absolute atomic E-state index is 12.2. The summed E-state index contributed by atoms with van der Waals surface area (Å²) in [4.78, 5) is 12.2. The van der Waals surface area contributed by atoms with Crippen LogP contribution in [0, 0.1) is 0 Å². The van der Waals surface area contributed by atoms with Gasteiger partial charge in [0.05, 0.1) is 17.8 Å². The van der Waals surface area contributed by atoms with Crippen LogP contribution in [0.3, 0.4) is 0 Å². The van der Waals surface area contributed by atoms with Crippen LogP contribution in [-0.4, -0.2) is 24.3 Å². The molecule has 0 radical (unpaired) electrons. The maximum atomic E-state index is 12.2. The molecular weight excluding hydrogens is 326 g/mol. The molecule has 0 aliphatic carbocycles. The minimum absolute atomic E-state index is 0.299. The lowest BCUT2D eigenvalue weighted by Crippen LogP contribution is -2.19. The van der Waals surface area contributed by atoms with Crippen molar-refractivity contribution in [2.24, 2.45) is 0 Å². The lowest BCUT2D eigenvalue weighted by atomic mass is 10.2. The second-order valence-electron chi connectivity index (χ2n) is 5.33. The monoisotopic (exact) mass is 343 g/mol. The van der Waals surface area contributed by atoms with Gasteiger partial charge >= 0.3 is 6.03 Å². The topological polar surface area (TPSA) is 55.3 Å². The molecule has 2 amide bonds. The third-order valence-electron chi connectivity index (χ3n) is 3.68. The smallest absolute Gasteiger partial charge is 0.323 e. The van der Waals surface area contributed by atoms with E-state index >= 15 is 0 Å². The summed E-state index contributed by atoms with van der Waals surface area (Å²) in [7, 11) is 1.67. The number of halogens is 1. The number of carbonyl (C=O) groups is 1. The first-order valence-electron chi connectivity index (χ1n) is 7.58. The van der Waals surface area contributed by atoms with Crippen molar-refractivity contribution in [1.29, 1.82) is 0 Å². The number of nitrogens with one attached hydrogen (secondary N) is 2. The number of rotatable bonds is 5. The van der Waals surface area contributed by atoms with Crippen molar-refractivity contribution < 1.29 is 9.53 Å². The molecule has 5 nitrogen and oxygen atoms in total. The van der Waals surface area contributed by atoms with Gasteiger partial charge in [-0.05, 0) is 30.3 Å². The normalized spacial score (nSPS) is 10.8. The van der Waals surface area contributed by atoms with Gasteiger partial charge in [-0.2, -0.15) is 0 Å². The molecule has 1 aromatic heterocycles. The average Bonchev–Trinajstić information content (AvgIpc) is 2.93. The minimum atomic E-state index is -0.299. The van der Waals surface area contributed by atoms with Crippen molar-refractivity contribution in [3.63, 3.8) is 0 Å². The van der Waals surface area contributed by atoms with Crippen LogP contribution >= 0.6 is 11.6 Å². The Balaban J connectivity index is 1.78. The van der Waals surface area contributed by atoms with Gasteiger partial charge in [0.25, 0.3) is 0 Å². The molecule has 0 aliphatic rings. The molecule has 0 saturated heterocycles. The molecule has 124 valence electrons. The standard InChI is InChI=1S/C18H18ClN3O2/c1-24-11-10-22-12-16(15-4-2-3-5-17(15)22)21-18(23)20-14-8-6-13(19)7-9-14/h2-9,12H,10-11H2,1H3,(H2,20,21,23). The van der Waals surface area contributed by atoms with Crippen molar-refractivity contribution in [3.8, 4) is 0 Å². The van der Waals surface area contributed by atoms with Crippen LogP contribution < -0.4 is 10.6 Å². The van der Waals surface area contributed by atoms with E-state index in [0.717, 1.165) is 23.1 Å². The van der Waals surface area contributed by atoms with Crippen molar-refractivity contribution in [2.45, 2.75) is 6.54 Å². The Morgan fingerprint density at radius 3 is 2.62 bits per heavy atom. The van der Waals surface area contributed by atoms with Gasteiger partial charge in [-0.15, -0.1) is 0 Å². The van der Waals surface area contributed by atoms with Crippen LogP contribution in [0.5, 0.6) is 0 Å². The SMILES string of the molecule is COCCn1cc(NC(=O)Nc2ccc(Cl)cc2)c2ccccc21. The highest BCUT2D eigenvalue weighted by atomic mass is 35.5. The van der Waals surface area contributed by atoms with Crippen molar-refractivity contribution >= 4 is 39.9 Å². The summed E-state index contributed by atoms with van der Waals surface area (Å²) in [6.45, 7) is 1.33. The number of hydrogen-bond donors (Lipinski definition) is 2. The number of carbonyl (C=O) groups excluding carboxylic acids is 1. The number of benzene rings is 2. The fourth-order valence-corrected chi connectivity index (χ4v) is 2.66. The van der Waals surface area contributed by atoms with Gasteiger partial charge in [-0.3, -0.25) is 0 Å². The van der Waals surface area contributed by atoms with E-state index in [1.54, 1.807) is 31.4 Å². The molecule has 0 atom stereocenters. The molecule has 3 aromatic rings. The van der Waals surface area contributed by atoms with E-state index in [0.29, 0.717) is 17.3 Å². The number of aromatic nitrogens is 1. The highest BCUT2D eigenvalue weighted by molar-refractivity contribution is 6.30. The Morgan fingerprint density at radius 1 is 1.12 bits per heavy atom. The quantitative estimate of drug-likeness (QED) is 0.712. The van der Waals surface area contributed by atoms with E-state index in [2.05, 4.69) is 15.2 Å². The maximum Gasteiger partial charge on any atom is 0.323 e. The Labute approximate surface area is 145 Å². The molecule has 1 heterocycles. The van der Waals surface area contributed by atoms with E-state index in [-0.39, 0.29) is 6.03 Å². The Kier molecular flexibility index (Phi) is 5.03. The van der Waals surface area contributed by atoms with E-state index in [9.17, 15) is 4.79 Å². The van der Waals surface area contributed by atoms with Gasteiger partial charge in [-0.1, -0.05) is 29.8 Å². The average molecular weight is 344 g/mol. The third-order valence-corrected chi connectivity index (χ3v) is 3.93. The molecule has 3 rings (SSSR count). The summed E-state index contributed by atoms with van der Waals surface area (Å²) in [5.41, 5.74) is 2.49. The molecule has 2 aromatic carbocycles. The Morgan fingerprint density at radius 2 is 1.88 bits per heavy atom. The number of para-hydroxylation sites is 1. The van der Waals surface area contributed by atoms with Crippen LogP contribution in [0.2, 0.25) is 5.02 Å². The molecule has 6 heteroatoms. The van der Waals surface area contributed by atoms with Crippen LogP contribution in [-0.2, 0) is 11.3 Å². The Bertz CT molecular complexity index is 843. The first kappa shape index (κ1) is 16.4. The third kappa shape index (κ3) is 3.69. The van der Waals surface area contributed by atoms with Crippen molar-refractivity contribution in [2.75, 3.05) is 24.4 Å². The number of methoxy groups -OCH3 is 1. The van der Waals surface area contributed by atoms with Gasteiger partial charge in [0.1, 0.15) is 0 Å². The largest absolute Gasteiger partial charge is 0.383 e. The second-order valence-corrected chi connectivity index (χ2v) is 5.77. The van der Waals surface area contributed by atoms with Gasteiger partial charge < -0.3 is 19.9 Å². The lowest BCUT2D eigenvalue weighted by molar-refractivity contribution is 0.188. The van der Waals surface area contributed by atoms with E-state index in [4.69, 9.17) is 16.3 Å². The summed E-state index contributed by atoms with van der Waals surface area (Å²) in [6.07, 6.45) is 1.92. The summed E-state index contributed by atoms with van der Waals surface area (Å²) >= 11 is 5.85. The van der Waals surface area contributed by atoms with Crippen LogP contribution in [0.4, 0.5) is 16.2 Å². The predicted octanol–water partition coefficient (Wildman–Crippen LogP) is 4.59. The second kappa shape index (κ2) is 7.38. The number of fused-ring (bicyclic) bond motifs is 1. The number of anilines is 2.